The minimum absolute atomic E-state index is 0.0118. The molecular weight excluding hydrogens is 282 g/mol. The third kappa shape index (κ3) is 3.25. The molecule has 1 spiro atoms. The van der Waals surface area contributed by atoms with Crippen LogP contribution in [0.1, 0.15) is 53.4 Å². The van der Waals surface area contributed by atoms with Gasteiger partial charge in [0, 0.05) is 6.04 Å². The fraction of sp³-hybridized carbons (Fsp3) is 0.812. The second-order valence-corrected chi connectivity index (χ2v) is 7.19. The van der Waals surface area contributed by atoms with Crippen LogP contribution >= 0.6 is 0 Å². The van der Waals surface area contributed by atoms with Crippen molar-refractivity contribution in [3.05, 3.63) is 0 Å². The van der Waals surface area contributed by atoms with Crippen LogP contribution in [-0.4, -0.2) is 40.9 Å². The largest absolute Gasteiger partial charge is 0.352 e. The van der Waals surface area contributed by atoms with Crippen LogP contribution < -0.4 is 10.6 Å². The molecule has 1 aliphatic heterocycles. The van der Waals surface area contributed by atoms with Gasteiger partial charge in [0.25, 0.3) is 5.91 Å². The summed E-state index contributed by atoms with van der Waals surface area (Å²) in [5, 5.41) is 5.66. The Morgan fingerprint density at radius 3 is 2.45 bits per heavy atom. The lowest BCUT2D eigenvalue weighted by atomic mass is 9.77. The predicted molar refractivity (Wildman–Crippen MR) is 83.1 cm³/mol. The summed E-state index contributed by atoms with van der Waals surface area (Å²) < 4.78 is 0. The fourth-order valence-corrected chi connectivity index (χ4v) is 3.02. The maximum absolute atomic E-state index is 12.6. The van der Waals surface area contributed by atoms with Gasteiger partial charge in [0.05, 0.1) is 0 Å². The molecule has 4 amide bonds. The van der Waals surface area contributed by atoms with Gasteiger partial charge in [0.2, 0.25) is 5.91 Å². The number of amides is 4. The van der Waals surface area contributed by atoms with Gasteiger partial charge < -0.3 is 10.6 Å². The van der Waals surface area contributed by atoms with Crippen molar-refractivity contribution < 1.29 is 14.4 Å². The van der Waals surface area contributed by atoms with E-state index in [1.54, 1.807) is 0 Å². The highest BCUT2D eigenvalue weighted by Crippen LogP contribution is 2.36. The Kier molecular flexibility index (Phi) is 4.78. The zero-order chi connectivity index (χ0) is 16.5. The van der Waals surface area contributed by atoms with E-state index in [4.69, 9.17) is 0 Å². The zero-order valence-electron chi connectivity index (χ0n) is 13.9. The molecule has 6 heteroatoms. The Morgan fingerprint density at radius 1 is 1.32 bits per heavy atom. The van der Waals surface area contributed by atoms with E-state index >= 15 is 0 Å². The number of hydrogen-bond acceptors (Lipinski definition) is 3. The van der Waals surface area contributed by atoms with E-state index in [2.05, 4.69) is 17.6 Å². The predicted octanol–water partition coefficient (Wildman–Crippen LogP) is 1.65. The zero-order valence-corrected chi connectivity index (χ0v) is 13.9. The maximum Gasteiger partial charge on any atom is 0.325 e. The molecule has 2 aliphatic rings. The Hall–Kier alpha value is -1.59. The Bertz CT molecular complexity index is 467. The number of rotatable bonds is 4. The van der Waals surface area contributed by atoms with Gasteiger partial charge in [-0.3, -0.25) is 14.5 Å². The maximum atomic E-state index is 12.6. The Balaban J connectivity index is 1.99. The SMILES string of the molecule is CC1CCC2(CC1)NC(=O)N(CC(=O)N[C@@H](C)C(C)C)C2=O. The lowest BCUT2D eigenvalue weighted by molar-refractivity contribution is -0.136. The molecule has 0 aromatic heterocycles. The van der Waals surface area contributed by atoms with E-state index < -0.39 is 11.6 Å². The molecule has 1 saturated carbocycles. The van der Waals surface area contributed by atoms with E-state index in [1.165, 1.54) is 0 Å². The first kappa shape index (κ1) is 16.8. The minimum Gasteiger partial charge on any atom is -0.352 e. The monoisotopic (exact) mass is 309 g/mol. The summed E-state index contributed by atoms with van der Waals surface area (Å²) >= 11 is 0. The van der Waals surface area contributed by atoms with Gasteiger partial charge in [0.1, 0.15) is 12.1 Å². The third-order valence-corrected chi connectivity index (χ3v) is 5.06. The molecule has 2 rings (SSSR count). The number of nitrogens with one attached hydrogen (secondary N) is 2. The summed E-state index contributed by atoms with van der Waals surface area (Å²) in [6.07, 6.45) is 3.19. The van der Waals surface area contributed by atoms with Crippen LogP contribution in [0.25, 0.3) is 0 Å². The summed E-state index contributed by atoms with van der Waals surface area (Å²) in [5.74, 6) is 0.362. The van der Waals surface area contributed by atoms with Crippen LogP contribution in [0.2, 0.25) is 0 Å². The summed E-state index contributed by atoms with van der Waals surface area (Å²) in [5.41, 5.74) is -0.770. The number of nitrogens with zero attached hydrogens (tertiary/aromatic N) is 1. The van der Waals surface area contributed by atoms with Crippen molar-refractivity contribution in [2.45, 2.75) is 65.0 Å². The van der Waals surface area contributed by atoms with E-state index in [9.17, 15) is 14.4 Å². The molecule has 22 heavy (non-hydrogen) atoms. The van der Waals surface area contributed by atoms with E-state index in [0.717, 1.165) is 17.7 Å². The molecular formula is C16H27N3O3. The summed E-state index contributed by atoms with van der Waals surface area (Å²) in [6, 6.07) is -0.426. The van der Waals surface area contributed by atoms with Gasteiger partial charge in [-0.25, -0.2) is 4.79 Å². The Labute approximate surface area is 132 Å². The lowest BCUT2D eigenvalue weighted by Crippen LogP contribution is -2.50. The second kappa shape index (κ2) is 6.26. The van der Waals surface area contributed by atoms with Crippen molar-refractivity contribution in [1.82, 2.24) is 15.5 Å². The number of urea groups is 1. The van der Waals surface area contributed by atoms with Crippen molar-refractivity contribution >= 4 is 17.8 Å². The van der Waals surface area contributed by atoms with Crippen LogP contribution in [0.3, 0.4) is 0 Å². The standard InChI is InChI=1S/C16H27N3O3/c1-10(2)12(4)17-13(20)9-19-14(21)16(18-15(19)22)7-5-11(3)6-8-16/h10-12H,5-9H2,1-4H3,(H,17,20)(H,18,22)/t11?,12-,16?/m0/s1. The molecule has 1 saturated heterocycles. The Morgan fingerprint density at radius 2 is 1.91 bits per heavy atom. The molecule has 2 fully saturated rings. The molecule has 6 nitrogen and oxygen atoms in total. The number of imide groups is 1. The van der Waals surface area contributed by atoms with Gasteiger partial charge in [-0.2, -0.15) is 0 Å². The highest BCUT2D eigenvalue weighted by molar-refractivity contribution is 6.09. The van der Waals surface area contributed by atoms with Crippen LogP contribution in [0, 0.1) is 11.8 Å². The number of carbonyl (C=O) groups excluding carboxylic acids is 3. The molecule has 0 radical (unpaired) electrons. The highest BCUT2D eigenvalue weighted by Gasteiger charge is 2.52. The van der Waals surface area contributed by atoms with Crippen LogP contribution in [0.4, 0.5) is 4.79 Å². The third-order valence-electron chi connectivity index (χ3n) is 5.06. The van der Waals surface area contributed by atoms with Crippen molar-refractivity contribution in [1.29, 1.82) is 0 Å². The first-order valence-electron chi connectivity index (χ1n) is 8.18. The van der Waals surface area contributed by atoms with E-state index in [-0.39, 0.29) is 24.4 Å². The molecule has 124 valence electrons. The first-order valence-corrected chi connectivity index (χ1v) is 8.18. The highest BCUT2D eigenvalue weighted by atomic mass is 16.2. The van der Waals surface area contributed by atoms with Gasteiger partial charge in [-0.1, -0.05) is 20.8 Å². The molecule has 2 N–H and O–H groups in total. The molecule has 1 atom stereocenters. The molecule has 0 bridgehead atoms. The fourth-order valence-electron chi connectivity index (χ4n) is 3.02. The molecule has 1 heterocycles. The number of hydrogen-bond donors (Lipinski definition) is 2. The summed E-state index contributed by atoms with van der Waals surface area (Å²) in [6.45, 7) is 7.90. The second-order valence-electron chi connectivity index (χ2n) is 7.19. The van der Waals surface area contributed by atoms with Crippen molar-refractivity contribution in [3.8, 4) is 0 Å². The molecule has 0 aromatic carbocycles. The first-order chi connectivity index (χ1) is 10.2. The lowest BCUT2D eigenvalue weighted by Gasteiger charge is -2.33. The van der Waals surface area contributed by atoms with Gasteiger partial charge in [-0.15, -0.1) is 0 Å². The topological polar surface area (TPSA) is 78.5 Å². The minimum atomic E-state index is -0.770. The number of carbonyl (C=O) groups is 3. The average Bonchev–Trinajstić information content (AvgIpc) is 2.67. The normalized spacial score (nSPS) is 29.9. The molecule has 0 aromatic rings. The summed E-state index contributed by atoms with van der Waals surface area (Å²) in [7, 11) is 0. The van der Waals surface area contributed by atoms with Crippen LogP contribution in [0.5, 0.6) is 0 Å². The smallest absolute Gasteiger partial charge is 0.325 e. The van der Waals surface area contributed by atoms with Crippen LogP contribution in [-0.2, 0) is 9.59 Å². The van der Waals surface area contributed by atoms with Crippen molar-refractivity contribution in [2.24, 2.45) is 11.8 Å². The molecule has 0 unspecified atom stereocenters. The quantitative estimate of drug-likeness (QED) is 0.775. The van der Waals surface area contributed by atoms with E-state index in [1.807, 2.05) is 20.8 Å². The van der Waals surface area contributed by atoms with Crippen molar-refractivity contribution in [3.63, 3.8) is 0 Å². The summed E-state index contributed by atoms with van der Waals surface area (Å²) in [4.78, 5) is 37.8. The molecule has 1 aliphatic carbocycles. The van der Waals surface area contributed by atoms with Gasteiger partial charge >= 0.3 is 6.03 Å². The van der Waals surface area contributed by atoms with Crippen molar-refractivity contribution in [2.75, 3.05) is 6.54 Å². The van der Waals surface area contributed by atoms with Gasteiger partial charge in [0.15, 0.2) is 0 Å². The van der Waals surface area contributed by atoms with E-state index in [0.29, 0.717) is 24.7 Å². The average molecular weight is 309 g/mol. The van der Waals surface area contributed by atoms with Crippen LogP contribution in [0.15, 0.2) is 0 Å². The van der Waals surface area contributed by atoms with Gasteiger partial charge in [-0.05, 0) is 44.4 Å².